The third kappa shape index (κ3) is 4.03. The first kappa shape index (κ1) is 19.9. The number of hydrogen-bond acceptors (Lipinski definition) is 6. The number of H-pyrrole nitrogens is 1. The van der Waals surface area contributed by atoms with Crippen LogP contribution >= 0.6 is 12.4 Å². The monoisotopic (exact) mass is 407 g/mol. The molecule has 2 fully saturated rings. The van der Waals surface area contributed by atoms with E-state index in [0.29, 0.717) is 25.2 Å². The number of hydrogen-bond donors (Lipinski definition) is 2. The molecule has 0 spiro atoms. The van der Waals surface area contributed by atoms with Crippen molar-refractivity contribution in [2.24, 2.45) is 11.7 Å². The minimum Gasteiger partial charge on any atom is -0.388 e. The summed E-state index contributed by atoms with van der Waals surface area (Å²) in [4.78, 5) is 11.1. The van der Waals surface area contributed by atoms with Crippen molar-refractivity contribution in [2.75, 3.05) is 13.2 Å². The van der Waals surface area contributed by atoms with Crippen molar-refractivity contribution in [1.29, 1.82) is 0 Å². The van der Waals surface area contributed by atoms with Crippen LogP contribution in [0.1, 0.15) is 23.5 Å². The maximum Gasteiger partial charge on any atom is 0.434 e. The van der Waals surface area contributed by atoms with Crippen LogP contribution in [0.3, 0.4) is 0 Å². The van der Waals surface area contributed by atoms with E-state index in [4.69, 9.17) is 19.6 Å². The van der Waals surface area contributed by atoms with Gasteiger partial charge in [0, 0.05) is 11.5 Å². The summed E-state index contributed by atoms with van der Waals surface area (Å²) in [6, 6.07) is 3.35. The molecule has 2 aromatic rings. The molecular formula is C16H17ClF3N3O4. The van der Waals surface area contributed by atoms with Gasteiger partial charge in [0.2, 0.25) is 5.89 Å². The molecule has 148 valence electrons. The SMILES string of the molecule is Cl.NC1COC([C@@H]2C[C@H]2c2cc(-c3n[nH]c(=O)o3)ccc2C(F)(F)F)OC1. The van der Waals surface area contributed by atoms with Gasteiger partial charge in [-0.25, -0.2) is 9.89 Å². The molecule has 0 unspecified atom stereocenters. The first-order valence-corrected chi connectivity index (χ1v) is 8.08. The molecule has 0 radical (unpaired) electrons. The average molecular weight is 408 g/mol. The third-order valence-corrected chi connectivity index (χ3v) is 4.58. The van der Waals surface area contributed by atoms with Crippen LogP contribution in [0, 0.1) is 5.92 Å². The van der Waals surface area contributed by atoms with Crippen LogP contribution in [0.2, 0.25) is 0 Å². The lowest BCUT2D eigenvalue weighted by Crippen LogP contribution is -2.42. The smallest absolute Gasteiger partial charge is 0.388 e. The highest BCUT2D eigenvalue weighted by atomic mass is 35.5. The van der Waals surface area contributed by atoms with Crippen molar-refractivity contribution in [3.8, 4) is 11.5 Å². The van der Waals surface area contributed by atoms with Gasteiger partial charge in [0.15, 0.2) is 6.29 Å². The fourth-order valence-electron chi connectivity index (χ4n) is 3.27. The summed E-state index contributed by atoms with van der Waals surface area (Å²) in [6.45, 7) is 0.636. The molecule has 2 atom stereocenters. The van der Waals surface area contributed by atoms with Crippen LogP contribution in [-0.2, 0) is 15.7 Å². The molecule has 2 heterocycles. The number of alkyl halides is 3. The van der Waals surface area contributed by atoms with Gasteiger partial charge in [0.25, 0.3) is 0 Å². The van der Waals surface area contributed by atoms with Crippen molar-refractivity contribution < 1.29 is 27.1 Å². The number of rotatable bonds is 3. The van der Waals surface area contributed by atoms with Gasteiger partial charge in [0.05, 0.1) is 24.8 Å². The van der Waals surface area contributed by atoms with Gasteiger partial charge < -0.3 is 19.6 Å². The Hall–Kier alpha value is -1.88. The number of nitrogens with two attached hydrogens (primary N) is 1. The molecule has 3 N–H and O–H groups in total. The van der Waals surface area contributed by atoms with Crippen LogP contribution in [0.15, 0.2) is 27.4 Å². The standard InChI is InChI=1S/C16H16F3N3O4.ClH/c17-16(18,19)12-2-1-7(13-21-22-15(23)26-13)3-10(12)9-4-11(9)14-24-5-8(20)6-25-14;/h1-3,8-9,11,14H,4-6,20H2,(H,22,23);1H/t8?,9-,11+,14?;/m0./s1. The van der Waals surface area contributed by atoms with Crippen molar-refractivity contribution in [1.82, 2.24) is 10.2 Å². The summed E-state index contributed by atoms with van der Waals surface area (Å²) < 4.78 is 56.1. The molecule has 7 nitrogen and oxygen atoms in total. The van der Waals surface area contributed by atoms with E-state index >= 15 is 0 Å². The van der Waals surface area contributed by atoms with Crippen LogP contribution in [-0.4, -0.2) is 35.7 Å². The van der Waals surface area contributed by atoms with Crippen LogP contribution in [0.25, 0.3) is 11.5 Å². The molecule has 27 heavy (non-hydrogen) atoms. The van der Waals surface area contributed by atoms with E-state index in [1.165, 1.54) is 12.1 Å². The van der Waals surface area contributed by atoms with E-state index in [2.05, 4.69) is 10.2 Å². The number of benzene rings is 1. The Bertz CT molecular complexity index is 861. The second-order valence-corrected chi connectivity index (χ2v) is 6.52. The van der Waals surface area contributed by atoms with Crippen molar-refractivity contribution in [3.63, 3.8) is 0 Å². The number of ether oxygens (including phenoxy) is 2. The summed E-state index contributed by atoms with van der Waals surface area (Å²) in [5.74, 6) is -1.37. The fourth-order valence-corrected chi connectivity index (χ4v) is 3.27. The zero-order chi connectivity index (χ0) is 18.5. The van der Waals surface area contributed by atoms with Crippen molar-refractivity contribution >= 4 is 12.4 Å². The van der Waals surface area contributed by atoms with Crippen molar-refractivity contribution in [2.45, 2.75) is 30.8 Å². The Balaban J connectivity index is 0.00000210. The summed E-state index contributed by atoms with van der Waals surface area (Å²) in [5, 5.41) is 5.76. The molecule has 0 amide bonds. The summed E-state index contributed by atoms with van der Waals surface area (Å²) in [6.07, 6.45) is -4.55. The first-order valence-electron chi connectivity index (χ1n) is 8.08. The summed E-state index contributed by atoms with van der Waals surface area (Å²) in [5.41, 5.74) is 5.38. The zero-order valence-corrected chi connectivity index (χ0v) is 14.7. The Kier molecular flexibility index (Phi) is 5.35. The van der Waals surface area contributed by atoms with Gasteiger partial charge in [-0.15, -0.1) is 17.5 Å². The van der Waals surface area contributed by atoms with E-state index in [9.17, 15) is 18.0 Å². The average Bonchev–Trinajstić information content (AvgIpc) is 3.27. The normalized spacial score (nSPS) is 27.9. The topological polar surface area (TPSA) is 103 Å². The highest BCUT2D eigenvalue weighted by Crippen LogP contribution is 2.54. The lowest BCUT2D eigenvalue weighted by Gasteiger charge is -2.27. The van der Waals surface area contributed by atoms with Gasteiger partial charge in [-0.05, 0) is 36.1 Å². The first-order chi connectivity index (χ1) is 12.3. The highest BCUT2D eigenvalue weighted by molar-refractivity contribution is 5.85. The quantitative estimate of drug-likeness (QED) is 0.809. The molecule has 1 saturated heterocycles. The minimum absolute atomic E-state index is 0. The molecule has 1 aliphatic heterocycles. The third-order valence-electron chi connectivity index (χ3n) is 4.58. The predicted octanol–water partition coefficient (Wildman–Crippen LogP) is 2.27. The molecule has 1 aromatic carbocycles. The number of nitrogens with zero attached hydrogens (tertiary/aromatic N) is 1. The molecule has 4 rings (SSSR count). The Morgan fingerprint density at radius 1 is 1.22 bits per heavy atom. The molecular weight excluding hydrogens is 391 g/mol. The summed E-state index contributed by atoms with van der Waals surface area (Å²) >= 11 is 0. The zero-order valence-electron chi connectivity index (χ0n) is 13.9. The molecule has 2 aliphatic rings. The molecule has 1 aliphatic carbocycles. The van der Waals surface area contributed by atoms with Gasteiger partial charge in [-0.2, -0.15) is 13.2 Å². The van der Waals surface area contributed by atoms with Gasteiger partial charge >= 0.3 is 11.9 Å². The number of halogens is 4. The van der Waals surface area contributed by atoms with E-state index in [1.807, 2.05) is 0 Å². The van der Waals surface area contributed by atoms with E-state index < -0.39 is 23.8 Å². The molecule has 1 saturated carbocycles. The predicted molar refractivity (Wildman–Crippen MR) is 89.3 cm³/mol. The van der Waals surface area contributed by atoms with Crippen LogP contribution in [0.4, 0.5) is 13.2 Å². The van der Waals surface area contributed by atoms with Crippen molar-refractivity contribution in [3.05, 3.63) is 39.9 Å². The second kappa shape index (κ2) is 7.27. The maximum absolute atomic E-state index is 13.4. The fraction of sp³-hybridized carbons (Fsp3) is 0.500. The molecule has 1 aromatic heterocycles. The van der Waals surface area contributed by atoms with E-state index in [1.54, 1.807) is 0 Å². The highest BCUT2D eigenvalue weighted by Gasteiger charge is 2.49. The summed E-state index contributed by atoms with van der Waals surface area (Å²) in [7, 11) is 0. The maximum atomic E-state index is 13.4. The molecule has 0 bridgehead atoms. The Morgan fingerprint density at radius 2 is 1.93 bits per heavy atom. The van der Waals surface area contributed by atoms with Gasteiger partial charge in [0.1, 0.15) is 0 Å². The van der Waals surface area contributed by atoms with Gasteiger partial charge in [-0.3, -0.25) is 0 Å². The van der Waals surface area contributed by atoms with Crippen LogP contribution < -0.4 is 11.5 Å². The number of aromatic nitrogens is 2. The van der Waals surface area contributed by atoms with E-state index in [-0.39, 0.29) is 41.7 Å². The Morgan fingerprint density at radius 3 is 2.52 bits per heavy atom. The van der Waals surface area contributed by atoms with Crippen LogP contribution in [0.5, 0.6) is 0 Å². The second-order valence-electron chi connectivity index (χ2n) is 6.52. The van der Waals surface area contributed by atoms with Gasteiger partial charge in [-0.1, -0.05) is 0 Å². The lowest BCUT2D eigenvalue weighted by atomic mass is 9.98. The Labute approximate surface area is 157 Å². The molecule has 11 heteroatoms. The number of nitrogens with one attached hydrogen (secondary N) is 1. The number of aromatic amines is 1. The minimum atomic E-state index is -4.50. The lowest BCUT2D eigenvalue weighted by molar-refractivity contribution is -0.196. The van der Waals surface area contributed by atoms with E-state index in [0.717, 1.165) is 6.07 Å². The largest absolute Gasteiger partial charge is 0.434 e.